The highest BCUT2D eigenvalue weighted by atomic mass is 16.5. The Labute approximate surface area is 316 Å². The van der Waals surface area contributed by atoms with Crippen LogP contribution in [0.25, 0.3) is 55.3 Å². The van der Waals surface area contributed by atoms with Gasteiger partial charge in [-0.15, -0.1) is 0 Å². The molecule has 0 saturated carbocycles. The smallest absolute Gasteiger partial charge is 0.130 e. The van der Waals surface area contributed by atoms with E-state index < -0.39 is 0 Å². The van der Waals surface area contributed by atoms with Gasteiger partial charge in [-0.05, 0) is 116 Å². The molecular formula is C52H37NO. The molecule has 0 bridgehead atoms. The van der Waals surface area contributed by atoms with Crippen LogP contribution in [0.4, 0.5) is 11.4 Å². The van der Waals surface area contributed by atoms with Crippen molar-refractivity contribution in [1.82, 2.24) is 0 Å². The van der Waals surface area contributed by atoms with Crippen molar-refractivity contribution < 1.29 is 4.74 Å². The van der Waals surface area contributed by atoms with Crippen molar-refractivity contribution in [3.8, 4) is 50.3 Å². The lowest BCUT2D eigenvalue weighted by molar-refractivity contribution is 0.264. The summed E-state index contributed by atoms with van der Waals surface area (Å²) in [6, 6.07) is 69.7. The molecule has 1 heterocycles. The van der Waals surface area contributed by atoms with Gasteiger partial charge < -0.3 is 9.64 Å². The summed E-state index contributed by atoms with van der Waals surface area (Å²) < 4.78 is 6.99. The molecule has 0 radical (unpaired) electrons. The van der Waals surface area contributed by atoms with Crippen molar-refractivity contribution in [3.63, 3.8) is 0 Å². The van der Waals surface area contributed by atoms with Gasteiger partial charge in [0.1, 0.15) is 11.9 Å². The standard InChI is InChI=1S/C52H37NO/c1-5-16-36(17-6-1)39-28-30-44(31-29-39)53(43-22-11-4-12-23-43)48-26-15-27-49-52(48)51-46-25-14-13-24-45(46)47(35-50(51)54-49)42-33-40(37-18-7-2-8-19-37)32-41(34-42)38-20-9-3-10-21-38/h1-35,49,52H. The maximum Gasteiger partial charge on any atom is 0.130 e. The second kappa shape index (κ2) is 13.6. The Morgan fingerprint density at radius 1 is 0.407 bits per heavy atom. The Balaban J connectivity index is 1.12. The fourth-order valence-electron chi connectivity index (χ4n) is 8.29. The van der Waals surface area contributed by atoms with E-state index in [9.17, 15) is 0 Å². The zero-order valence-electron chi connectivity index (χ0n) is 29.7. The van der Waals surface area contributed by atoms with Crippen LogP contribution >= 0.6 is 0 Å². The number of fused-ring (bicyclic) bond motifs is 5. The predicted molar refractivity (Wildman–Crippen MR) is 225 cm³/mol. The highest BCUT2D eigenvalue weighted by Crippen LogP contribution is 2.53. The summed E-state index contributed by atoms with van der Waals surface area (Å²) in [4.78, 5) is 2.41. The summed E-state index contributed by atoms with van der Waals surface area (Å²) in [5, 5.41) is 2.44. The molecule has 54 heavy (non-hydrogen) atoms. The van der Waals surface area contributed by atoms with E-state index in [1.165, 1.54) is 66.5 Å². The highest BCUT2D eigenvalue weighted by Gasteiger charge is 2.41. The molecule has 1 aliphatic carbocycles. The van der Waals surface area contributed by atoms with Crippen LogP contribution in [0.1, 0.15) is 11.5 Å². The molecule has 0 spiro atoms. The first kappa shape index (κ1) is 31.8. The summed E-state index contributed by atoms with van der Waals surface area (Å²) >= 11 is 0. The molecule has 2 atom stereocenters. The van der Waals surface area contributed by atoms with Gasteiger partial charge in [0.15, 0.2) is 0 Å². The zero-order valence-corrected chi connectivity index (χ0v) is 29.7. The number of benzene rings is 8. The molecule has 0 aromatic heterocycles. The first-order valence-corrected chi connectivity index (χ1v) is 18.7. The van der Waals surface area contributed by atoms with E-state index in [4.69, 9.17) is 4.74 Å². The number of rotatable bonds is 7. The molecule has 0 fully saturated rings. The van der Waals surface area contributed by atoms with Crippen LogP contribution in [-0.4, -0.2) is 6.10 Å². The normalized spacial score (nSPS) is 15.6. The number of ether oxygens (including phenoxy) is 1. The lowest BCUT2D eigenvalue weighted by atomic mass is 9.83. The minimum Gasteiger partial charge on any atom is -0.485 e. The number of hydrogen-bond donors (Lipinski definition) is 0. The molecule has 8 aromatic carbocycles. The Morgan fingerprint density at radius 2 is 0.889 bits per heavy atom. The number of anilines is 2. The van der Waals surface area contributed by atoms with Gasteiger partial charge in [-0.3, -0.25) is 0 Å². The van der Waals surface area contributed by atoms with Gasteiger partial charge in [-0.25, -0.2) is 0 Å². The van der Waals surface area contributed by atoms with Crippen molar-refractivity contribution in [2.75, 3.05) is 4.90 Å². The molecule has 10 rings (SSSR count). The second-order valence-corrected chi connectivity index (χ2v) is 14.0. The van der Waals surface area contributed by atoms with Crippen LogP contribution in [0.15, 0.2) is 218 Å². The summed E-state index contributed by atoms with van der Waals surface area (Å²) in [6.45, 7) is 0. The minimum absolute atomic E-state index is 0.00603. The summed E-state index contributed by atoms with van der Waals surface area (Å²) in [6.07, 6.45) is 6.52. The van der Waals surface area contributed by atoms with E-state index >= 15 is 0 Å². The Bertz CT molecular complexity index is 2610. The van der Waals surface area contributed by atoms with E-state index in [1.807, 2.05) is 0 Å². The van der Waals surface area contributed by atoms with E-state index in [0.29, 0.717) is 0 Å². The quantitative estimate of drug-likeness (QED) is 0.165. The van der Waals surface area contributed by atoms with Crippen molar-refractivity contribution in [1.29, 1.82) is 0 Å². The van der Waals surface area contributed by atoms with Gasteiger partial charge in [-0.2, -0.15) is 0 Å². The zero-order chi connectivity index (χ0) is 35.8. The largest absolute Gasteiger partial charge is 0.485 e. The number of hydrogen-bond acceptors (Lipinski definition) is 2. The topological polar surface area (TPSA) is 12.5 Å². The third-order valence-corrected chi connectivity index (χ3v) is 10.8. The van der Waals surface area contributed by atoms with Crippen molar-refractivity contribution in [2.24, 2.45) is 0 Å². The van der Waals surface area contributed by atoms with Crippen LogP contribution in [0, 0.1) is 0 Å². The maximum absolute atomic E-state index is 6.99. The second-order valence-electron chi connectivity index (χ2n) is 14.0. The van der Waals surface area contributed by atoms with E-state index in [-0.39, 0.29) is 12.0 Å². The SMILES string of the molecule is C1=CC2Oc3cc(-c4cc(-c5ccccc5)cc(-c5ccccc5)c4)c4ccccc4c3C2C(N(c2ccccc2)c2ccc(-c3ccccc3)cc2)=C1. The molecule has 1 aliphatic heterocycles. The predicted octanol–water partition coefficient (Wildman–Crippen LogP) is 13.6. The van der Waals surface area contributed by atoms with Crippen molar-refractivity contribution in [3.05, 3.63) is 224 Å². The van der Waals surface area contributed by atoms with Gasteiger partial charge in [0, 0.05) is 22.6 Å². The molecule has 2 nitrogen and oxygen atoms in total. The highest BCUT2D eigenvalue weighted by molar-refractivity contribution is 6.02. The molecule has 8 aromatic rings. The van der Waals surface area contributed by atoms with E-state index in [2.05, 4.69) is 217 Å². The number of para-hydroxylation sites is 1. The van der Waals surface area contributed by atoms with Crippen LogP contribution < -0.4 is 9.64 Å². The molecule has 2 aliphatic rings. The molecule has 0 saturated heterocycles. The van der Waals surface area contributed by atoms with Crippen molar-refractivity contribution >= 4 is 22.1 Å². The Hall–Kier alpha value is -6.90. The van der Waals surface area contributed by atoms with Crippen LogP contribution in [0.5, 0.6) is 5.75 Å². The fraction of sp³-hybridized carbons (Fsp3) is 0.0385. The van der Waals surface area contributed by atoms with Crippen LogP contribution in [0.2, 0.25) is 0 Å². The summed E-state index contributed by atoms with van der Waals surface area (Å²) in [5.41, 5.74) is 14.2. The number of allylic oxidation sites excluding steroid dienone is 2. The molecule has 256 valence electrons. The minimum atomic E-state index is -0.135. The first-order chi connectivity index (χ1) is 26.8. The van der Waals surface area contributed by atoms with Gasteiger partial charge >= 0.3 is 0 Å². The molecular weight excluding hydrogens is 655 g/mol. The molecule has 0 N–H and O–H groups in total. The third kappa shape index (κ3) is 5.70. The van der Waals surface area contributed by atoms with Gasteiger partial charge in [-0.1, -0.05) is 152 Å². The average molecular weight is 692 g/mol. The van der Waals surface area contributed by atoms with Gasteiger partial charge in [0.05, 0.1) is 5.92 Å². The maximum atomic E-state index is 6.99. The average Bonchev–Trinajstić information content (AvgIpc) is 3.65. The summed E-state index contributed by atoms with van der Waals surface area (Å²) in [5.74, 6) is 0.934. The van der Waals surface area contributed by atoms with E-state index in [1.54, 1.807) is 0 Å². The van der Waals surface area contributed by atoms with Crippen LogP contribution in [0.3, 0.4) is 0 Å². The lowest BCUT2D eigenvalue weighted by Gasteiger charge is -2.34. The first-order valence-electron chi connectivity index (χ1n) is 18.7. The van der Waals surface area contributed by atoms with Gasteiger partial charge in [0.25, 0.3) is 0 Å². The fourth-order valence-corrected chi connectivity index (χ4v) is 8.29. The molecule has 0 amide bonds. The Kier molecular flexibility index (Phi) is 8.00. The monoisotopic (exact) mass is 691 g/mol. The lowest BCUT2D eigenvalue weighted by Crippen LogP contribution is -2.29. The Morgan fingerprint density at radius 3 is 1.50 bits per heavy atom. The van der Waals surface area contributed by atoms with E-state index in [0.717, 1.165) is 17.1 Å². The van der Waals surface area contributed by atoms with Crippen LogP contribution in [-0.2, 0) is 0 Å². The molecule has 2 heteroatoms. The summed E-state index contributed by atoms with van der Waals surface area (Å²) in [7, 11) is 0. The van der Waals surface area contributed by atoms with Gasteiger partial charge in [0.2, 0.25) is 0 Å². The molecule has 2 unspecified atom stereocenters. The van der Waals surface area contributed by atoms with Crippen molar-refractivity contribution in [2.45, 2.75) is 12.0 Å². The third-order valence-electron chi connectivity index (χ3n) is 10.8. The number of nitrogens with zero attached hydrogens (tertiary/aromatic N) is 1.